The van der Waals surface area contributed by atoms with Gasteiger partial charge in [0.05, 0.1) is 29.8 Å². The number of benzene rings is 2. The van der Waals surface area contributed by atoms with Crippen molar-refractivity contribution in [1.82, 2.24) is 15.0 Å². The van der Waals surface area contributed by atoms with Crippen molar-refractivity contribution in [1.29, 1.82) is 0 Å². The Labute approximate surface area is 180 Å². The molecule has 0 amide bonds. The number of aromatic nitrogens is 3. The lowest BCUT2D eigenvalue weighted by Crippen LogP contribution is -2.11. The number of hydrogen-bond acceptors (Lipinski definition) is 5. The Bertz CT molecular complexity index is 1340. The number of fused-ring (bicyclic) bond motifs is 5. The molecule has 6 nitrogen and oxygen atoms in total. The molecular formula is C23H18F3N3O3. The number of ether oxygens (including phenoxy) is 1. The molecule has 164 valence electrons. The van der Waals surface area contributed by atoms with Crippen molar-refractivity contribution >= 4 is 10.8 Å². The Morgan fingerprint density at radius 1 is 1.06 bits per heavy atom. The van der Waals surface area contributed by atoms with E-state index >= 15 is 0 Å². The summed E-state index contributed by atoms with van der Waals surface area (Å²) in [6, 6.07) is 12.6. The molecule has 5 rings (SSSR count). The monoisotopic (exact) mass is 441 g/mol. The summed E-state index contributed by atoms with van der Waals surface area (Å²) in [5.41, 5.74) is 0.830. The van der Waals surface area contributed by atoms with Gasteiger partial charge in [0.15, 0.2) is 0 Å². The number of halogens is 3. The molecule has 0 fully saturated rings. The summed E-state index contributed by atoms with van der Waals surface area (Å²) in [4.78, 5) is 12.6. The van der Waals surface area contributed by atoms with Crippen LogP contribution in [-0.2, 0) is 30.5 Å². The average molecular weight is 441 g/mol. The topological polar surface area (TPSA) is 70.2 Å². The highest BCUT2D eigenvalue weighted by Crippen LogP contribution is 2.38. The van der Waals surface area contributed by atoms with Crippen LogP contribution in [-0.4, -0.2) is 21.6 Å². The maximum atomic E-state index is 13.5. The first-order valence-electron chi connectivity index (χ1n) is 10.1. The van der Waals surface area contributed by atoms with Gasteiger partial charge in [0.1, 0.15) is 11.5 Å². The first-order valence-corrected chi connectivity index (χ1v) is 10.1. The molecule has 0 spiro atoms. The summed E-state index contributed by atoms with van der Waals surface area (Å²) in [5.74, 6) is 0.310. The van der Waals surface area contributed by atoms with Crippen molar-refractivity contribution < 1.29 is 22.3 Å². The summed E-state index contributed by atoms with van der Waals surface area (Å²) < 4.78 is 53.4. The lowest BCUT2D eigenvalue weighted by Gasteiger charge is -2.15. The standard InChI is InChI=1S/C23H18F3N3O3/c24-23(25,26)15-8-9-16-17(11-15)20-19(32-22(16)30)7-4-10-31-13-18-21(20)29(28-27-18)12-14-5-2-1-3-6-14/h1-3,5-6,8-9,11H,4,7,10,12-13H2. The maximum Gasteiger partial charge on any atom is 0.416 e. The van der Waals surface area contributed by atoms with Gasteiger partial charge in [-0.2, -0.15) is 13.2 Å². The number of alkyl halides is 3. The smallest absolute Gasteiger partial charge is 0.416 e. The van der Waals surface area contributed by atoms with Crippen molar-refractivity contribution in [3.8, 4) is 11.3 Å². The Morgan fingerprint density at radius 2 is 1.88 bits per heavy atom. The largest absolute Gasteiger partial charge is 0.427 e. The molecule has 0 atom stereocenters. The van der Waals surface area contributed by atoms with Crippen LogP contribution in [0.2, 0.25) is 0 Å². The Morgan fingerprint density at radius 3 is 2.66 bits per heavy atom. The van der Waals surface area contributed by atoms with Gasteiger partial charge in [0.2, 0.25) is 0 Å². The molecule has 1 aliphatic heterocycles. The van der Waals surface area contributed by atoms with Crippen molar-refractivity contribution in [3.63, 3.8) is 0 Å². The minimum atomic E-state index is -4.55. The Hall–Kier alpha value is -3.46. The minimum Gasteiger partial charge on any atom is -0.427 e. The fourth-order valence-electron chi connectivity index (χ4n) is 4.00. The summed E-state index contributed by atoms with van der Waals surface area (Å²) in [6.07, 6.45) is -3.66. The average Bonchev–Trinajstić information content (AvgIpc) is 3.18. The van der Waals surface area contributed by atoms with Gasteiger partial charge in [-0.15, -0.1) is 5.10 Å². The Balaban J connectivity index is 1.81. The zero-order valence-electron chi connectivity index (χ0n) is 16.9. The first-order chi connectivity index (χ1) is 15.4. The fraction of sp³-hybridized carbons (Fsp3) is 0.261. The van der Waals surface area contributed by atoms with Crippen LogP contribution in [0.1, 0.15) is 29.0 Å². The Kier molecular flexibility index (Phi) is 5.05. The normalized spacial score (nSPS) is 14.3. The van der Waals surface area contributed by atoms with Crippen LogP contribution in [0.4, 0.5) is 13.2 Å². The van der Waals surface area contributed by atoms with Gasteiger partial charge >= 0.3 is 11.8 Å². The lowest BCUT2D eigenvalue weighted by atomic mass is 9.97. The molecule has 4 aromatic rings. The van der Waals surface area contributed by atoms with E-state index in [9.17, 15) is 18.0 Å². The van der Waals surface area contributed by atoms with Crippen LogP contribution in [0.15, 0.2) is 57.7 Å². The first kappa shape index (κ1) is 20.4. The minimum absolute atomic E-state index is 0.0790. The highest BCUT2D eigenvalue weighted by molar-refractivity contribution is 5.96. The third-order valence-corrected chi connectivity index (χ3v) is 5.48. The van der Waals surface area contributed by atoms with Crippen LogP contribution in [0.5, 0.6) is 0 Å². The van der Waals surface area contributed by atoms with Crippen LogP contribution < -0.4 is 5.63 Å². The zero-order chi connectivity index (χ0) is 22.3. The molecule has 0 unspecified atom stereocenters. The molecule has 3 heterocycles. The molecule has 0 radical (unpaired) electrons. The molecule has 0 bridgehead atoms. The van der Waals surface area contributed by atoms with E-state index in [0.717, 1.165) is 17.7 Å². The molecule has 0 N–H and O–H groups in total. The van der Waals surface area contributed by atoms with Crippen LogP contribution in [0, 0.1) is 0 Å². The number of nitrogens with zero attached hydrogens (tertiary/aromatic N) is 3. The third kappa shape index (κ3) is 3.69. The van der Waals surface area contributed by atoms with Gasteiger partial charge in [-0.05, 0) is 30.2 Å². The van der Waals surface area contributed by atoms with E-state index in [1.54, 1.807) is 4.68 Å². The summed E-state index contributed by atoms with van der Waals surface area (Å²) >= 11 is 0. The second kappa shape index (κ2) is 7.90. The van der Waals surface area contributed by atoms with E-state index < -0.39 is 17.4 Å². The summed E-state index contributed by atoms with van der Waals surface area (Å²) in [7, 11) is 0. The summed E-state index contributed by atoms with van der Waals surface area (Å²) in [5, 5.41) is 8.74. The SMILES string of the molecule is O=c1oc2c(c3cc(C(F)(F)F)ccc13)-c1c(nnn1Cc1ccccc1)COCCC2. The second-order valence-corrected chi connectivity index (χ2v) is 7.63. The van der Waals surface area contributed by atoms with E-state index in [-0.39, 0.29) is 17.4 Å². The predicted molar refractivity (Wildman–Crippen MR) is 110 cm³/mol. The van der Waals surface area contributed by atoms with Gasteiger partial charge in [-0.25, -0.2) is 9.48 Å². The highest BCUT2D eigenvalue weighted by atomic mass is 19.4. The van der Waals surface area contributed by atoms with Crippen LogP contribution >= 0.6 is 0 Å². The quantitative estimate of drug-likeness (QED) is 0.455. The van der Waals surface area contributed by atoms with E-state index in [1.807, 2.05) is 30.3 Å². The van der Waals surface area contributed by atoms with Gasteiger partial charge in [0, 0.05) is 24.0 Å². The molecule has 2 aromatic carbocycles. The van der Waals surface area contributed by atoms with Gasteiger partial charge in [-0.3, -0.25) is 0 Å². The maximum absolute atomic E-state index is 13.5. The summed E-state index contributed by atoms with van der Waals surface area (Å²) in [6.45, 7) is 0.903. The van der Waals surface area contributed by atoms with Crippen LogP contribution in [0.25, 0.3) is 22.0 Å². The van der Waals surface area contributed by atoms with E-state index in [1.165, 1.54) is 6.07 Å². The molecule has 32 heavy (non-hydrogen) atoms. The number of aryl methyl sites for hydroxylation is 1. The molecule has 0 aliphatic carbocycles. The number of rotatable bonds is 2. The van der Waals surface area contributed by atoms with Gasteiger partial charge in [0.25, 0.3) is 0 Å². The van der Waals surface area contributed by atoms with E-state index in [0.29, 0.717) is 48.7 Å². The third-order valence-electron chi connectivity index (χ3n) is 5.48. The van der Waals surface area contributed by atoms with Crippen molar-refractivity contribution in [2.75, 3.05) is 6.61 Å². The molecule has 0 saturated carbocycles. The zero-order valence-corrected chi connectivity index (χ0v) is 16.9. The van der Waals surface area contributed by atoms with Crippen LogP contribution in [0.3, 0.4) is 0 Å². The van der Waals surface area contributed by atoms with Crippen molar-refractivity contribution in [2.45, 2.75) is 32.2 Å². The number of hydrogen-bond donors (Lipinski definition) is 0. The molecule has 0 saturated heterocycles. The van der Waals surface area contributed by atoms with Gasteiger partial charge in [-0.1, -0.05) is 35.5 Å². The molecular weight excluding hydrogens is 423 g/mol. The van der Waals surface area contributed by atoms with Crippen molar-refractivity contribution in [2.24, 2.45) is 0 Å². The molecule has 2 aromatic heterocycles. The highest BCUT2D eigenvalue weighted by Gasteiger charge is 2.32. The lowest BCUT2D eigenvalue weighted by molar-refractivity contribution is -0.137. The predicted octanol–water partition coefficient (Wildman–Crippen LogP) is 4.58. The molecule has 1 aliphatic rings. The second-order valence-electron chi connectivity index (χ2n) is 7.63. The van der Waals surface area contributed by atoms with Crippen molar-refractivity contribution in [3.05, 3.63) is 81.5 Å². The molecule has 9 heteroatoms. The van der Waals surface area contributed by atoms with Gasteiger partial charge < -0.3 is 9.15 Å². The fourth-order valence-corrected chi connectivity index (χ4v) is 4.00. The van der Waals surface area contributed by atoms with E-state index in [4.69, 9.17) is 9.15 Å². The van der Waals surface area contributed by atoms with E-state index in [2.05, 4.69) is 10.3 Å².